The Balaban J connectivity index is 1.79. The first-order valence-electron chi connectivity index (χ1n) is 8.01. The third-order valence-corrected chi connectivity index (χ3v) is 4.82. The Kier molecular flexibility index (Phi) is 5.45. The van der Waals surface area contributed by atoms with Crippen molar-refractivity contribution < 1.29 is 14.7 Å². The van der Waals surface area contributed by atoms with E-state index in [0.717, 1.165) is 39.0 Å². The molecule has 0 aromatic heterocycles. The fourth-order valence-electron chi connectivity index (χ4n) is 3.23. The summed E-state index contributed by atoms with van der Waals surface area (Å²) in [6.45, 7) is 9.15. The van der Waals surface area contributed by atoms with Crippen LogP contribution in [0.3, 0.4) is 0 Å². The molecule has 21 heavy (non-hydrogen) atoms. The van der Waals surface area contributed by atoms with Gasteiger partial charge in [0.25, 0.3) is 0 Å². The molecule has 6 heteroatoms. The summed E-state index contributed by atoms with van der Waals surface area (Å²) in [5.41, 5.74) is 0. The van der Waals surface area contributed by atoms with Gasteiger partial charge in [0.05, 0.1) is 0 Å². The fourth-order valence-corrected chi connectivity index (χ4v) is 3.23. The fraction of sp³-hybridized carbons (Fsp3) is 0.867. The minimum absolute atomic E-state index is 0.0895. The van der Waals surface area contributed by atoms with Crippen LogP contribution < -0.4 is 0 Å². The molecular weight excluding hydrogens is 270 g/mol. The van der Waals surface area contributed by atoms with Crippen molar-refractivity contribution >= 4 is 12.0 Å². The van der Waals surface area contributed by atoms with Crippen LogP contribution >= 0.6 is 0 Å². The van der Waals surface area contributed by atoms with Crippen LogP contribution in [0.15, 0.2) is 0 Å². The van der Waals surface area contributed by atoms with Gasteiger partial charge in [0.15, 0.2) is 0 Å². The van der Waals surface area contributed by atoms with E-state index in [1.807, 2.05) is 9.80 Å². The van der Waals surface area contributed by atoms with Crippen LogP contribution in [-0.2, 0) is 4.79 Å². The van der Waals surface area contributed by atoms with Crippen LogP contribution in [-0.4, -0.2) is 77.1 Å². The highest BCUT2D eigenvalue weighted by Crippen LogP contribution is 2.21. The number of piperazine rings is 1. The molecule has 2 amide bonds. The Morgan fingerprint density at radius 3 is 2.38 bits per heavy atom. The summed E-state index contributed by atoms with van der Waals surface area (Å²) in [5, 5.41) is 8.83. The second kappa shape index (κ2) is 7.11. The van der Waals surface area contributed by atoms with E-state index in [1.54, 1.807) is 0 Å². The number of amides is 2. The summed E-state index contributed by atoms with van der Waals surface area (Å²) in [5.74, 6) is -0.649. The highest BCUT2D eigenvalue weighted by Gasteiger charge is 2.32. The molecule has 0 aromatic carbocycles. The Morgan fingerprint density at radius 2 is 1.81 bits per heavy atom. The summed E-state index contributed by atoms with van der Waals surface area (Å²) in [7, 11) is 0. The lowest BCUT2D eigenvalue weighted by Gasteiger charge is -2.39. The molecule has 0 aliphatic carbocycles. The SMILES string of the molecule is CCC(C)N1CCN(C(=O)N2CCC(CC(=O)O)C2)CC1. The first kappa shape index (κ1) is 16.1. The van der Waals surface area contributed by atoms with Crippen LogP contribution in [0.1, 0.15) is 33.1 Å². The topological polar surface area (TPSA) is 64.1 Å². The minimum atomic E-state index is -0.767. The maximum Gasteiger partial charge on any atom is 0.320 e. The number of urea groups is 1. The van der Waals surface area contributed by atoms with Crippen molar-refractivity contribution in [1.29, 1.82) is 0 Å². The summed E-state index contributed by atoms with van der Waals surface area (Å²) in [4.78, 5) is 29.4. The molecule has 0 radical (unpaired) electrons. The van der Waals surface area contributed by atoms with Gasteiger partial charge in [0.1, 0.15) is 0 Å². The van der Waals surface area contributed by atoms with Gasteiger partial charge in [-0.05, 0) is 25.7 Å². The molecule has 0 spiro atoms. The van der Waals surface area contributed by atoms with Gasteiger partial charge < -0.3 is 14.9 Å². The molecule has 2 unspecified atom stereocenters. The monoisotopic (exact) mass is 297 g/mol. The molecule has 2 heterocycles. The summed E-state index contributed by atoms with van der Waals surface area (Å²) in [6.07, 6.45) is 2.12. The molecule has 2 atom stereocenters. The van der Waals surface area contributed by atoms with E-state index in [4.69, 9.17) is 5.11 Å². The number of likely N-dealkylation sites (tertiary alicyclic amines) is 1. The molecular formula is C15H27N3O3. The molecule has 2 aliphatic rings. The summed E-state index contributed by atoms with van der Waals surface area (Å²) >= 11 is 0. The normalized spacial score (nSPS) is 25.1. The third kappa shape index (κ3) is 4.09. The predicted molar refractivity (Wildman–Crippen MR) is 80.2 cm³/mol. The molecule has 2 aliphatic heterocycles. The quantitative estimate of drug-likeness (QED) is 0.850. The largest absolute Gasteiger partial charge is 0.481 e. The van der Waals surface area contributed by atoms with Crippen LogP contribution in [0.4, 0.5) is 4.79 Å². The second-order valence-corrected chi connectivity index (χ2v) is 6.26. The first-order valence-corrected chi connectivity index (χ1v) is 8.01. The van der Waals surface area contributed by atoms with Crippen LogP contribution in [0.2, 0.25) is 0 Å². The van der Waals surface area contributed by atoms with Gasteiger partial charge in [-0.1, -0.05) is 6.92 Å². The van der Waals surface area contributed by atoms with Crippen molar-refractivity contribution in [3.63, 3.8) is 0 Å². The number of carboxylic acid groups (broad SMARTS) is 1. The van der Waals surface area contributed by atoms with E-state index in [1.165, 1.54) is 0 Å². The van der Waals surface area contributed by atoms with Gasteiger partial charge in [0, 0.05) is 51.7 Å². The number of aliphatic carboxylic acids is 1. The average molecular weight is 297 g/mol. The average Bonchev–Trinajstić information content (AvgIpc) is 2.93. The molecule has 120 valence electrons. The Hall–Kier alpha value is -1.30. The van der Waals surface area contributed by atoms with Crippen molar-refractivity contribution in [1.82, 2.24) is 14.7 Å². The number of hydrogen-bond acceptors (Lipinski definition) is 3. The number of carbonyl (C=O) groups is 2. The first-order chi connectivity index (χ1) is 10.0. The Morgan fingerprint density at radius 1 is 1.14 bits per heavy atom. The van der Waals surface area contributed by atoms with E-state index in [2.05, 4.69) is 18.7 Å². The van der Waals surface area contributed by atoms with E-state index >= 15 is 0 Å². The van der Waals surface area contributed by atoms with Crippen molar-refractivity contribution in [3.8, 4) is 0 Å². The highest BCUT2D eigenvalue weighted by atomic mass is 16.4. The van der Waals surface area contributed by atoms with Gasteiger partial charge in [0.2, 0.25) is 0 Å². The number of nitrogens with zero attached hydrogens (tertiary/aromatic N) is 3. The predicted octanol–water partition coefficient (Wildman–Crippen LogP) is 1.32. The van der Waals surface area contributed by atoms with E-state index in [9.17, 15) is 9.59 Å². The molecule has 2 fully saturated rings. The Labute approximate surface area is 126 Å². The minimum Gasteiger partial charge on any atom is -0.481 e. The van der Waals surface area contributed by atoms with Crippen molar-refractivity contribution in [3.05, 3.63) is 0 Å². The van der Waals surface area contributed by atoms with Crippen molar-refractivity contribution in [2.75, 3.05) is 39.3 Å². The van der Waals surface area contributed by atoms with E-state index < -0.39 is 5.97 Å². The van der Waals surface area contributed by atoms with Crippen LogP contribution in [0.5, 0.6) is 0 Å². The van der Waals surface area contributed by atoms with Crippen LogP contribution in [0.25, 0.3) is 0 Å². The van der Waals surface area contributed by atoms with Crippen LogP contribution in [0, 0.1) is 5.92 Å². The lowest BCUT2D eigenvalue weighted by atomic mass is 10.1. The number of hydrogen-bond donors (Lipinski definition) is 1. The van der Waals surface area contributed by atoms with E-state index in [0.29, 0.717) is 19.1 Å². The summed E-state index contributed by atoms with van der Waals surface area (Å²) in [6, 6.07) is 0.667. The second-order valence-electron chi connectivity index (χ2n) is 6.26. The molecule has 0 bridgehead atoms. The molecule has 0 saturated carbocycles. The maximum absolute atomic E-state index is 12.5. The molecule has 6 nitrogen and oxygen atoms in total. The molecule has 2 rings (SSSR count). The third-order valence-electron chi connectivity index (χ3n) is 4.82. The number of carbonyl (C=O) groups excluding carboxylic acids is 1. The van der Waals surface area contributed by atoms with Gasteiger partial charge in [-0.2, -0.15) is 0 Å². The molecule has 2 saturated heterocycles. The standard InChI is InChI=1S/C15H27N3O3/c1-3-12(2)16-6-8-17(9-7-16)15(21)18-5-4-13(11-18)10-14(19)20/h12-13H,3-11H2,1-2H3,(H,19,20). The smallest absolute Gasteiger partial charge is 0.320 e. The summed E-state index contributed by atoms with van der Waals surface area (Å²) < 4.78 is 0. The van der Waals surface area contributed by atoms with Gasteiger partial charge in [-0.15, -0.1) is 0 Å². The van der Waals surface area contributed by atoms with Gasteiger partial charge in [-0.3, -0.25) is 9.69 Å². The van der Waals surface area contributed by atoms with Crippen molar-refractivity contribution in [2.24, 2.45) is 5.92 Å². The molecule has 1 N–H and O–H groups in total. The van der Waals surface area contributed by atoms with Gasteiger partial charge >= 0.3 is 12.0 Å². The zero-order valence-electron chi connectivity index (χ0n) is 13.1. The lowest BCUT2D eigenvalue weighted by Crippen LogP contribution is -2.54. The number of carboxylic acids is 1. The van der Waals surface area contributed by atoms with Gasteiger partial charge in [-0.25, -0.2) is 4.79 Å². The highest BCUT2D eigenvalue weighted by molar-refractivity contribution is 5.75. The zero-order valence-corrected chi connectivity index (χ0v) is 13.1. The lowest BCUT2D eigenvalue weighted by molar-refractivity contribution is -0.138. The number of rotatable bonds is 4. The maximum atomic E-state index is 12.5. The van der Waals surface area contributed by atoms with E-state index in [-0.39, 0.29) is 18.4 Å². The zero-order chi connectivity index (χ0) is 15.4. The molecule has 0 aromatic rings. The van der Waals surface area contributed by atoms with Crippen molar-refractivity contribution in [2.45, 2.75) is 39.2 Å². The Bertz CT molecular complexity index is 380.